The molecule has 2 amide bonds. The number of aliphatic hydroxyl groups is 1. The van der Waals surface area contributed by atoms with E-state index in [9.17, 15) is 9.90 Å². The van der Waals surface area contributed by atoms with Crippen molar-refractivity contribution in [3.63, 3.8) is 0 Å². The van der Waals surface area contributed by atoms with Crippen LogP contribution in [0.15, 0.2) is 10.6 Å². The average molecular weight is 309 g/mol. The average Bonchev–Trinajstić information content (AvgIpc) is 2.98. The van der Waals surface area contributed by atoms with Gasteiger partial charge in [0.1, 0.15) is 0 Å². The molecule has 6 nitrogen and oxygen atoms in total. The van der Waals surface area contributed by atoms with E-state index in [0.717, 1.165) is 44.2 Å². The van der Waals surface area contributed by atoms with Crippen molar-refractivity contribution in [3.8, 4) is 0 Å². The summed E-state index contributed by atoms with van der Waals surface area (Å²) in [5.74, 6) is 1.06. The molecule has 1 aliphatic rings. The van der Waals surface area contributed by atoms with Crippen LogP contribution in [0.4, 0.5) is 4.79 Å². The highest BCUT2D eigenvalue weighted by molar-refractivity contribution is 5.74. The van der Waals surface area contributed by atoms with Crippen LogP contribution < -0.4 is 10.6 Å². The Kier molecular flexibility index (Phi) is 6.24. The molecule has 0 aliphatic heterocycles. The summed E-state index contributed by atoms with van der Waals surface area (Å²) >= 11 is 0. The largest absolute Gasteiger partial charge is 0.391 e. The highest BCUT2D eigenvalue weighted by Crippen LogP contribution is 2.22. The molecule has 22 heavy (non-hydrogen) atoms. The van der Waals surface area contributed by atoms with E-state index in [1.165, 1.54) is 0 Å². The third-order valence-corrected chi connectivity index (χ3v) is 4.45. The van der Waals surface area contributed by atoms with Crippen LogP contribution in [0.2, 0.25) is 0 Å². The van der Waals surface area contributed by atoms with E-state index in [0.29, 0.717) is 18.2 Å². The summed E-state index contributed by atoms with van der Waals surface area (Å²) in [5, 5.41) is 19.5. The van der Waals surface area contributed by atoms with Crippen LogP contribution in [0.25, 0.3) is 0 Å². The third-order valence-electron chi connectivity index (χ3n) is 4.45. The molecule has 0 saturated heterocycles. The lowest BCUT2D eigenvalue weighted by molar-refractivity contribution is 0.0942. The molecular weight excluding hydrogens is 282 g/mol. The number of aliphatic hydroxyl groups excluding tert-OH is 1. The minimum Gasteiger partial charge on any atom is -0.391 e. The summed E-state index contributed by atoms with van der Waals surface area (Å²) in [7, 11) is 0. The Morgan fingerprint density at radius 2 is 2.14 bits per heavy atom. The molecule has 6 heteroatoms. The molecule has 2 rings (SSSR count). The maximum atomic E-state index is 11.9. The van der Waals surface area contributed by atoms with E-state index in [2.05, 4.69) is 29.6 Å². The van der Waals surface area contributed by atoms with Crippen LogP contribution in [-0.4, -0.2) is 28.4 Å². The number of hydrogen-bond acceptors (Lipinski definition) is 4. The van der Waals surface area contributed by atoms with Gasteiger partial charge in [0.05, 0.1) is 24.4 Å². The number of aromatic nitrogens is 1. The highest BCUT2D eigenvalue weighted by atomic mass is 16.5. The zero-order valence-corrected chi connectivity index (χ0v) is 13.5. The molecular formula is C16H27N3O3. The molecule has 2 atom stereocenters. The van der Waals surface area contributed by atoms with Crippen molar-refractivity contribution in [1.82, 2.24) is 15.8 Å². The fourth-order valence-corrected chi connectivity index (χ4v) is 2.98. The van der Waals surface area contributed by atoms with Gasteiger partial charge in [-0.25, -0.2) is 4.79 Å². The predicted octanol–water partition coefficient (Wildman–Crippen LogP) is 2.68. The van der Waals surface area contributed by atoms with E-state index in [1.54, 1.807) is 0 Å². The predicted molar refractivity (Wildman–Crippen MR) is 83.5 cm³/mol. The minimum absolute atomic E-state index is 0.149. The van der Waals surface area contributed by atoms with Gasteiger partial charge >= 0.3 is 6.03 Å². The molecule has 0 spiro atoms. The van der Waals surface area contributed by atoms with E-state index in [4.69, 9.17) is 4.52 Å². The molecule has 0 bridgehead atoms. The van der Waals surface area contributed by atoms with Crippen molar-refractivity contribution in [1.29, 1.82) is 0 Å². The van der Waals surface area contributed by atoms with Gasteiger partial charge in [0, 0.05) is 12.0 Å². The van der Waals surface area contributed by atoms with Crippen LogP contribution in [0.5, 0.6) is 0 Å². The molecule has 124 valence electrons. The van der Waals surface area contributed by atoms with E-state index < -0.39 is 6.10 Å². The van der Waals surface area contributed by atoms with E-state index in [1.807, 2.05) is 6.07 Å². The van der Waals surface area contributed by atoms with Crippen molar-refractivity contribution in [2.45, 2.75) is 77.0 Å². The number of urea groups is 1. The monoisotopic (exact) mass is 309 g/mol. The lowest BCUT2D eigenvalue weighted by atomic mass is 9.93. The summed E-state index contributed by atoms with van der Waals surface area (Å²) in [6.07, 6.45) is 5.26. The number of amides is 2. The number of hydrogen-bond donors (Lipinski definition) is 3. The normalized spacial score (nSPS) is 21.8. The summed E-state index contributed by atoms with van der Waals surface area (Å²) in [6, 6.07) is 1.49. The first-order chi connectivity index (χ1) is 10.6. The second-order valence-corrected chi connectivity index (χ2v) is 6.02. The number of carbonyl (C=O) groups is 1. The molecule has 1 aromatic rings. The Morgan fingerprint density at radius 3 is 2.82 bits per heavy atom. The Morgan fingerprint density at radius 1 is 1.41 bits per heavy atom. The Hall–Kier alpha value is -1.56. The van der Waals surface area contributed by atoms with Gasteiger partial charge in [-0.3, -0.25) is 0 Å². The van der Waals surface area contributed by atoms with Crippen LogP contribution in [0.1, 0.15) is 69.7 Å². The standard InChI is InChI=1S/C16H27N3O3/c1-3-11(4-2)14-9-12(22-19-14)10-17-16(21)18-13-7-5-6-8-15(13)20/h9,11,13,15,20H,3-8,10H2,1-2H3,(H2,17,18,21)/t13-,15+/m0/s1. The Balaban J connectivity index is 1.78. The number of nitrogens with zero attached hydrogens (tertiary/aromatic N) is 1. The van der Waals surface area contributed by atoms with Crippen molar-refractivity contribution in [2.75, 3.05) is 0 Å². The maximum Gasteiger partial charge on any atom is 0.315 e. The highest BCUT2D eigenvalue weighted by Gasteiger charge is 2.24. The van der Waals surface area contributed by atoms with E-state index in [-0.39, 0.29) is 12.1 Å². The zero-order valence-electron chi connectivity index (χ0n) is 13.5. The summed E-state index contributed by atoms with van der Waals surface area (Å²) in [6.45, 7) is 4.56. The summed E-state index contributed by atoms with van der Waals surface area (Å²) in [4.78, 5) is 11.9. The van der Waals surface area contributed by atoms with Crippen LogP contribution >= 0.6 is 0 Å². The fourth-order valence-electron chi connectivity index (χ4n) is 2.98. The van der Waals surface area contributed by atoms with Gasteiger partial charge in [0.2, 0.25) is 0 Å². The lowest BCUT2D eigenvalue weighted by Gasteiger charge is -2.28. The smallest absolute Gasteiger partial charge is 0.315 e. The van der Waals surface area contributed by atoms with E-state index >= 15 is 0 Å². The molecule has 1 aliphatic carbocycles. The SMILES string of the molecule is CCC(CC)c1cc(CNC(=O)N[C@H]2CCCC[C@H]2O)on1. The van der Waals surface area contributed by atoms with Crippen molar-refractivity contribution in [2.24, 2.45) is 0 Å². The topological polar surface area (TPSA) is 87.4 Å². The van der Waals surface area contributed by atoms with Gasteiger partial charge in [-0.05, 0) is 25.7 Å². The minimum atomic E-state index is -0.439. The molecule has 1 aromatic heterocycles. The number of carbonyl (C=O) groups excluding carboxylic acids is 1. The molecule has 3 N–H and O–H groups in total. The fraction of sp³-hybridized carbons (Fsp3) is 0.750. The number of rotatable bonds is 6. The van der Waals surface area contributed by atoms with Gasteiger partial charge in [-0.2, -0.15) is 0 Å². The third kappa shape index (κ3) is 4.47. The molecule has 0 radical (unpaired) electrons. The first-order valence-electron chi connectivity index (χ1n) is 8.31. The van der Waals surface area contributed by atoms with Gasteiger partial charge in [-0.15, -0.1) is 0 Å². The summed E-state index contributed by atoms with van der Waals surface area (Å²) in [5.41, 5.74) is 0.949. The molecule has 1 heterocycles. The molecule has 1 fully saturated rings. The number of nitrogens with one attached hydrogen (secondary N) is 2. The first kappa shape index (κ1) is 16.8. The quantitative estimate of drug-likeness (QED) is 0.754. The van der Waals surface area contributed by atoms with Crippen molar-refractivity contribution >= 4 is 6.03 Å². The summed E-state index contributed by atoms with van der Waals surface area (Å²) < 4.78 is 5.27. The van der Waals surface area contributed by atoms with Crippen LogP contribution in [0.3, 0.4) is 0 Å². The first-order valence-corrected chi connectivity index (χ1v) is 8.31. The van der Waals surface area contributed by atoms with Crippen molar-refractivity contribution < 1.29 is 14.4 Å². The Labute approximate surface area is 131 Å². The maximum absolute atomic E-state index is 11.9. The molecule has 0 aromatic carbocycles. The van der Waals surface area contributed by atoms with Crippen molar-refractivity contribution in [3.05, 3.63) is 17.5 Å². The van der Waals surface area contributed by atoms with Crippen LogP contribution in [-0.2, 0) is 6.54 Å². The Bertz CT molecular complexity index is 471. The molecule has 0 unspecified atom stereocenters. The second-order valence-electron chi connectivity index (χ2n) is 6.02. The van der Waals surface area contributed by atoms with Gasteiger partial charge in [0.15, 0.2) is 5.76 Å². The molecule has 1 saturated carbocycles. The lowest BCUT2D eigenvalue weighted by Crippen LogP contribution is -2.48. The zero-order chi connectivity index (χ0) is 15.9. The van der Waals surface area contributed by atoms with Crippen LogP contribution in [0, 0.1) is 0 Å². The van der Waals surface area contributed by atoms with Gasteiger partial charge < -0.3 is 20.3 Å². The van der Waals surface area contributed by atoms with Gasteiger partial charge in [-0.1, -0.05) is 31.8 Å². The van der Waals surface area contributed by atoms with Gasteiger partial charge in [0.25, 0.3) is 0 Å². The second kappa shape index (κ2) is 8.17.